The van der Waals surface area contributed by atoms with Gasteiger partial charge in [0.05, 0.1) is 6.10 Å². The fourth-order valence-corrected chi connectivity index (χ4v) is 1.89. The van der Waals surface area contributed by atoms with Gasteiger partial charge in [0.15, 0.2) is 0 Å². The van der Waals surface area contributed by atoms with Crippen LogP contribution in [0.15, 0.2) is 0 Å². The number of hydrogen-bond donors (Lipinski definition) is 2. The van der Waals surface area contributed by atoms with Gasteiger partial charge in [-0.25, -0.2) is 0 Å². The highest BCUT2D eigenvalue weighted by molar-refractivity contribution is 4.98. The average Bonchev–Trinajstić information content (AvgIpc) is 2.00. The molecule has 1 aliphatic carbocycles. The Morgan fingerprint density at radius 2 is 1.93 bits per heavy atom. The first-order chi connectivity index (χ1) is 6.48. The van der Waals surface area contributed by atoms with Crippen molar-refractivity contribution in [2.24, 2.45) is 0 Å². The van der Waals surface area contributed by atoms with E-state index in [1.165, 1.54) is 19.3 Å². The van der Waals surface area contributed by atoms with Crippen LogP contribution in [0.25, 0.3) is 0 Å². The summed E-state index contributed by atoms with van der Waals surface area (Å²) in [7, 11) is 4.29. The molecule has 3 heteroatoms. The number of hydrogen-bond acceptors (Lipinski definition) is 3. The fourth-order valence-electron chi connectivity index (χ4n) is 1.89. The standard InChI is InChI=1S/C11H24N2O/c1-9(10(2)14)12-8-11(13(3)4)6-5-7-11/h9-10,12,14H,5-8H2,1-4H3. The van der Waals surface area contributed by atoms with E-state index in [1.54, 1.807) is 0 Å². The van der Waals surface area contributed by atoms with Crippen molar-refractivity contribution in [2.45, 2.75) is 50.8 Å². The maximum Gasteiger partial charge on any atom is 0.0662 e. The SMILES string of the molecule is CC(O)C(C)NCC1(N(C)C)CCC1. The van der Waals surface area contributed by atoms with Crippen LogP contribution in [0, 0.1) is 0 Å². The van der Waals surface area contributed by atoms with Crippen LogP contribution in [-0.4, -0.2) is 48.3 Å². The van der Waals surface area contributed by atoms with Crippen LogP contribution < -0.4 is 5.32 Å². The first-order valence-corrected chi connectivity index (χ1v) is 5.57. The van der Waals surface area contributed by atoms with Crippen LogP contribution in [0.5, 0.6) is 0 Å². The summed E-state index contributed by atoms with van der Waals surface area (Å²) in [4.78, 5) is 2.32. The quantitative estimate of drug-likeness (QED) is 0.690. The molecule has 2 unspecified atom stereocenters. The van der Waals surface area contributed by atoms with Gasteiger partial charge < -0.3 is 15.3 Å². The Morgan fingerprint density at radius 1 is 1.36 bits per heavy atom. The Balaban J connectivity index is 2.35. The summed E-state index contributed by atoms with van der Waals surface area (Å²) in [5.74, 6) is 0. The van der Waals surface area contributed by atoms with Crippen molar-refractivity contribution in [3.8, 4) is 0 Å². The topological polar surface area (TPSA) is 35.5 Å². The van der Waals surface area contributed by atoms with Gasteiger partial charge in [-0.1, -0.05) is 0 Å². The van der Waals surface area contributed by atoms with Crippen molar-refractivity contribution in [3.05, 3.63) is 0 Å². The Morgan fingerprint density at radius 3 is 2.21 bits per heavy atom. The van der Waals surface area contributed by atoms with E-state index in [9.17, 15) is 5.11 Å². The second kappa shape index (κ2) is 4.60. The van der Waals surface area contributed by atoms with Crippen molar-refractivity contribution in [2.75, 3.05) is 20.6 Å². The lowest BCUT2D eigenvalue weighted by Crippen LogP contribution is -2.58. The van der Waals surface area contributed by atoms with Gasteiger partial charge in [0.2, 0.25) is 0 Å². The Hall–Kier alpha value is -0.120. The maximum atomic E-state index is 9.37. The molecule has 2 atom stereocenters. The predicted molar refractivity (Wildman–Crippen MR) is 59.4 cm³/mol. The molecule has 14 heavy (non-hydrogen) atoms. The lowest BCUT2D eigenvalue weighted by atomic mass is 9.75. The molecule has 2 N–H and O–H groups in total. The minimum Gasteiger partial charge on any atom is -0.392 e. The van der Waals surface area contributed by atoms with Crippen LogP contribution in [-0.2, 0) is 0 Å². The first kappa shape index (κ1) is 12.0. The number of likely N-dealkylation sites (N-methyl/N-ethyl adjacent to an activating group) is 1. The molecule has 0 heterocycles. The summed E-state index contributed by atoms with van der Waals surface area (Å²) < 4.78 is 0. The zero-order valence-electron chi connectivity index (χ0n) is 9.88. The molecule has 0 aromatic rings. The molecule has 0 amide bonds. The largest absolute Gasteiger partial charge is 0.392 e. The zero-order valence-corrected chi connectivity index (χ0v) is 9.88. The number of rotatable bonds is 5. The van der Waals surface area contributed by atoms with Gasteiger partial charge in [-0.3, -0.25) is 0 Å². The molecular weight excluding hydrogens is 176 g/mol. The molecule has 1 fully saturated rings. The van der Waals surface area contributed by atoms with E-state index in [0.717, 1.165) is 6.54 Å². The van der Waals surface area contributed by atoms with Gasteiger partial charge >= 0.3 is 0 Å². The zero-order chi connectivity index (χ0) is 10.8. The Labute approximate surface area is 87.5 Å². The third-order valence-corrected chi connectivity index (χ3v) is 3.71. The van der Waals surface area contributed by atoms with Gasteiger partial charge in [-0.05, 0) is 47.2 Å². The van der Waals surface area contributed by atoms with Crippen LogP contribution in [0.2, 0.25) is 0 Å². The van der Waals surface area contributed by atoms with Gasteiger partial charge in [0, 0.05) is 18.1 Å². The Bertz CT molecular complexity index is 176. The van der Waals surface area contributed by atoms with Crippen LogP contribution >= 0.6 is 0 Å². The predicted octanol–water partition coefficient (Wildman–Crippen LogP) is 0.830. The highest BCUT2D eigenvalue weighted by Gasteiger charge is 2.38. The summed E-state index contributed by atoms with van der Waals surface area (Å²) in [5.41, 5.74) is 0.350. The van der Waals surface area contributed by atoms with Crippen molar-refractivity contribution in [1.29, 1.82) is 0 Å². The number of nitrogens with one attached hydrogen (secondary N) is 1. The molecule has 1 saturated carbocycles. The van der Waals surface area contributed by atoms with Gasteiger partial charge in [0.25, 0.3) is 0 Å². The van der Waals surface area contributed by atoms with Crippen LogP contribution in [0.4, 0.5) is 0 Å². The molecule has 0 aromatic heterocycles. The van der Waals surface area contributed by atoms with Crippen LogP contribution in [0.1, 0.15) is 33.1 Å². The minimum absolute atomic E-state index is 0.187. The van der Waals surface area contributed by atoms with E-state index in [-0.39, 0.29) is 12.1 Å². The number of aliphatic hydroxyl groups is 1. The summed E-state index contributed by atoms with van der Waals surface area (Å²) >= 11 is 0. The van der Waals surface area contributed by atoms with E-state index in [1.807, 2.05) is 13.8 Å². The first-order valence-electron chi connectivity index (χ1n) is 5.57. The van der Waals surface area contributed by atoms with E-state index in [4.69, 9.17) is 0 Å². The molecule has 0 aromatic carbocycles. The van der Waals surface area contributed by atoms with Crippen molar-refractivity contribution < 1.29 is 5.11 Å². The average molecular weight is 200 g/mol. The highest BCUT2D eigenvalue weighted by atomic mass is 16.3. The van der Waals surface area contributed by atoms with E-state index in [2.05, 4.69) is 24.3 Å². The molecule has 3 nitrogen and oxygen atoms in total. The van der Waals surface area contributed by atoms with Crippen molar-refractivity contribution in [1.82, 2.24) is 10.2 Å². The Kier molecular flexibility index (Phi) is 3.93. The highest BCUT2D eigenvalue weighted by Crippen LogP contribution is 2.35. The monoisotopic (exact) mass is 200 g/mol. The van der Waals surface area contributed by atoms with E-state index in [0.29, 0.717) is 5.54 Å². The second-order valence-corrected chi connectivity index (χ2v) is 4.88. The number of nitrogens with zero attached hydrogens (tertiary/aromatic N) is 1. The molecule has 1 aliphatic rings. The van der Waals surface area contributed by atoms with E-state index >= 15 is 0 Å². The molecule has 0 aliphatic heterocycles. The molecular formula is C11H24N2O. The summed E-state index contributed by atoms with van der Waals surface area (Å²) in [6, 6.07) is 0.187. The van der Waals surface area contributed by atoms with Gasteiger partial charge in [-0.15, -0.1) is 0 Å². The third-order valence-electron chi connectivity index (χ3n) is 3.71. The van der Waals surface area contributed by atoms with Crippen molar-refractivity contribution in [3.63, 3.8) is 0 Å². The third kappa shape index (κ3) is 2.47. The maximum absolute atomic E-state index is 9.37. The van der Waals surface area contributed by atoms with E-state index < -0.39 is 0 Å². The lowest BCUT2D eigenvalue weighted by molar-refractivity contribution is 0.0497. The molecule has 0 bridgehead atoms. The fraction of sp³-hybridized carbons (Fsp3) is 1.00. The second-order valence-electron chi connectivity index (χ2n) is 4.88. The number of aliphatic hydroxyl groups excluding tert-OH is 1. The normalized spacial score (nSPS) is 24.4. The molecule has 0 spiro atoms. The summed E-state index contributed by atoms with van der Waals surface area (Å²) in [5, 5.41) is 12.8. The smallest absolute Gasteiger partial charge is 0.0662 e. The van der Waals surface area contributed by atoms with Crippen LogP contribution in [0.3, 0.4) is 0 Å². The molecule has 0 radical (unpaired) electrons. The minimum atomic E-state index is -0.269. The lowest BCUT2D eigenvalue weighted by Gasteiger charge is -2.48. The molecule has 84 valence electrons. The molecule has 0 saturated heterocycles. The summed E-state index contributed by atoms with van der Waals surface area (Å²) in [6.07, 6.45) is 3.62. The van der Waals surface area contributed by atoms with Crippen molar-refractivity contribution >= 4 is 0 Å². The molecule has 1 rings (SSSR count). The summed E-state index contributed by atoms with van der Waals surface area (Å²) in [6.45, 7) is 4.86. The van der Waals surface area contributed by atoms with Gasteiger partial charge in [0.1, 0.15) is 0 Å². The van der Waals surface area contributed by atoms with Gasteiger partial charge in [-0.2, -0.15) is 0 Å².